The molecule has 0 atom stereocenters. The Morgan fingerprint density at radius 2 is 2.07 bits per heavy atom. The number of methoxy groups -OCH3 is 1. The molecule has 0 saturated heterocycles. The van der Waals surface area contributed by atoms with Gasteiger partial charge in [0.15, 0.2) is 0 Å². The fraction of sp³-hybridized carbons (Fsp3) is 0.381. The molecule has 0 radical (unpaired) electrons. The number of halogens is 1. The average molecular weight is 416 g/mol. The zero-order valence-corrected chi connectivity index (χ0v) is 17.3. The summed E-state index contributed by atoms with van der Waals surface area (Å²) in [7, 11) is 1.54. The fourth-order valence-electron chi connectivity index (χ4n) is 3.23. The first-order valence-corrected chi connectivity index (χ1v) is 10.7. The van der Waals surface area contributed by atoms with Crippen LogP contribution in [0.3, 0.4) is 0 Å². The first kappa shape index (κ1) is 20.5. The van der Waals surface area contributed by atoms with E-state index in [1.165, 1.54) is 37.3 Å². The van der Waals surface area contributed by atoms with Crippen LogP contribution in [0.5, 0.6) is 5.75 Å². The van der Waals surface area contributed by atoms with Crippen molar-refractivity contribution in [1.82, 2.24) is 4.98 Å². The molecule has 0 fully saturated rings. The molecule has 0 spiro atoms. The second kappa shape index (κ2) is 9.81. The highest BCUT2D eigenvalue weighted by Crippen LogP contribution is 2.29. The largest absolute Gasteiger partial charge is 0.495 e. The number of ether oxygens (including phenoxy) is 1. The number of aromatic nitrogens is 1. The molecule has 28 heavy (non-hydrogen) atoms. The lowest BCUT2D eigenvalue weighted by Crippen LogP contribution is -2.14. The third-order valence-electron chi connectivity index (χ3n) is 4.66. The van der Waals surface area contributed by atoms with Crippen molar-refractivity contribution < 1.29 is 9.53 Å². The van der Waals surface area contributed by atoms with E-state index >= 15 is 0 Å². The number of anilines is 1. The van der Waals surface area contributed by atoms with Gasteiger partial charge in [0.25, 0.3) is 0 Å². The smallest absolute Gasteiger partial charge is 0.234 e. The van der Waals surface area contributed by atoms with Crippen LogP contribution in [0.1, 0.15) is 42.5 Å². The molecule has 1 amide bonds. The molecular formula is C21H22ClN3O2S. The molecule has 0 unspecified atom stereocenters. The Balaban J connectivity index is 1.67. The number of benzene rings is 1. The molecule has 3 rings (SSSR count). The summed E-state index contributed by atoms with van der Waals surface area (Å²) in [5.74, 6) is 0.547. The Morgan fingerprint density at radius 3 is 2.79 bits per heavy atom. The first-order chi connectivity index (χ1) is 13.6. The number of fused-ring (bicyclic) bond motifs is 1. The molecule has 5 nitrogen and oxygen atoms in total. The summed E-state index contributed by atoms with van der Waals surface area (Å²) in [4.78, 5) is 17.0. The molecule has 146 valence electrons. The number of pyridine rings is 1. The standard InChI is InChI=1S/C21H22ClN3O2S/c1-27-19-9-8-16(11-17(19)22)24-20(26)13-28-21-15(12-23)10-14-6-4-2-3-5-7-18(14)25-21/h8-11H,2-7,13H2,1H3,(H,24,26). The molecule has 1 aliphatic rings. The van der Waals surface area contributed by atoms with Crippen molar-refractivity contribution >= 4 is 35.0 Å². The van der Waals surface area contributed by atoms with Crippen molar-refractivity contribution in [1.29, 1.82) is 5.26 Å². The Kier molecular flexibility index (Phi) is 7.18. The second-order valence-electron chi connectivity index (χ2n) is 6.66. The molecule has 1 aromatic carbocycles. The lowest BCUT2D eigenvalue weighted by Gasteiger charge is -2.15. The van der Waals surface area contributed by atoms with E-state index in [2.05, 4.69) is 11.4 Å². The van der Waals surface area contributed by atoms with Crippen molar-refractivity contribution in [2.45, 2.75) is 43.6 Å². The highest BCUT2D eigenvalue weighted by molar-refractivity contribution is 8.00. The maximum Gasteiger partial charge on any atom is 0.234 e. The molecule has 0 bridgehead atoms. The van der Waals surface area contributed by atoms with E-state index in [1.807, 2.05) is 6.07 Å². The number of thioether (sulfide) groups is 1. The van der Waals surface area contributed by atoms with Gasteiger partial charge in [-0.05, 0) is 55.5 Å². The van der Waals surface area contributed by atoms with Crippen LogP contribution in [0, 0.1) is 11.3 Å². The number of nitrogens with one attached hydrogen (secondary N) is 1. The van der Waals surface area contributed by atoms with Crippen LogP contribution >= 0.6 is 23.4 Å². The zero-order valence-electron chi connectivity index (χ0n) is 15.8. The zero-order chi connectivity index (χ0) is 19.9. The van der Waals surface area contributed by atoms with Crippen LogP contribution in [0.2, 0.25) is 5.02 Å². The molecule has 0 aliphatic heterocycles. The van der Waals surface area contributed by atoms with E-state index in [0.29, 0.717) is 27.0 Å². The maximum absolute atomic E-state index is 12.3. The summed E-state index contributed by atoms with van der Waals surface area (Å²) in [5, 5.41) is 13.4. The number of carbonyl (C=O) groups excluding carboxylic acids is 1. The van der Waals surface area contributed by atoms with Gasteiger partial charge in [-0.25, -0.2) is 4.98 Å². The van der Waals surface area contributed by atoms with Gasteiger partial charge in [-0.2, -0.15) is 5.26 Å². The predicted octanol–water partition coefficient (Wildman–Crippen LogP) is 5.01. The maximum atomic E-state index is 12.3. The van der Waals surface area contributed by atoms with Gasteiger partial charge in [-0.1, -0.05) is 36.2 Å². The van der Waals surface area contributed by atoms with Gasteiger partial charge >= 0.3 is 0 Å². The fourth-order valence-corrected chi connectivity index (χ4v) is 4.27. The monoisotopic (exact) mass is 415 g/mol. The molecule has 1 N–H and O–H groups in total. The third kappa shape index (κ3) is 5.18. The van der Waals surface area contributed by atoms with Crippen LogP contribution in [0.15, 0.2) is 29.3 Å². The normalized spacial score (nSPS) is 13.6. The summed E-state index contributed by atoms with van der Waals surface area (Å²) >= 11 is 7.38. The van der Waals surface area contributed by atoms with Crippen molar-refractivity contribution in [3.05, 3.63) is 46.1 Å². The minimum atomic E-state index is -0.177. The summed E-state index contributed by atoms with van der Waals surface area (Å²) in [6, 6.07) is 9.27. The molecule has 2 aromatic rings. The average Bonchev–Trinajstić information content (AvgIpc) is 2.67. The van der Waals surface area contributed by atoms with Gasteiger partial charge in [-0.15, -0.1) is 0 Å². The van der Waals surface area contributed by atoms with Gasteiger partial charge in [0, 0.05) is 11.4 Å². The summed E-state index contributed by atoms with van der Waals surface area (Å²) in [5.41, 5.74) is 3.40. The number of hydrogen-bond acceptors (Lipinski definition) is 5. The number of amides is 1. The van der Waals surface area contributed by atoms with E-state index in [0.717, 1.165) is 31.4 Å². The number of rotatable bonds is 5. The van der Waals surface area contributed by atoms with Crippen LogP contribution in [-0.2, 0) is 17.6 Å². The van der Waals surface area contributed by atoms with Crippen molar-refractivity contribution in [3.63, 3.8) is 0 Å². The SMILES string of the molecule is COc1ccc(NC(=O)CSc2nc3c(cc2C#N)CCCCCC3)cc1Cl. The number of hydrogen-bond donors (Lipinski definition) is 1. The number of aryl methyl sites for hydroxylation is 2. The van der Waals surface area contributed by atoms with Gasteiger partial charge in [0.05, 0.1) is 23.4 Å². The lowest BCUT2D eigenvalue weighted by molar-refractivity contribution is -0.113. The molecule has 7 heteroatoms. The summed E-state index contributed by atoms with van der Waals surface area (Å²) < 4.78 is 5.11. The van der Waals surface area contributed by atoms with Gasteiger partial charge < -0.3 is 10.1 Å². The highest BCUT2D eigenvalue weighted by Gasteiger charge is 2.15. The Morgan fingerprint density at radius 1 is 1.29 bits per heavy atom. The Labute approximate surface area is 174 Å². The van der Waals surface area contributed by atoms with Gasteiger partial charge in [0.2, 0.25) is 5.91 Å². The van der Waals surface area contributed by atoms with Crippen molar-refractivity contribution in [3.8, 4) is 11.8 Å². The van der Waals surface area contributed by atoms with E-state index in [9.17, 15) is 10.1 Å². The minimum absolute atomic E-state index is 0.171. The number of nitriles is 1. The topological polar surface area (TPSA) is 75.0 Å². The molecular weight excluding hydrogens is 394 g/mol. The van der Waals surface area contributed by atoms with Gasteiger partial charge in [0.1, 0.15) is 16.8 Å². The number of carbonyl (C=O) groups is 1. The van der Waals surface area contributed by atoms with E-state index in [-0.39, 0.29) is 11.7 Å². The molecule has 0 saturated carbocycles. The van der Waals surface area contributed by atoms with E-state index < -0.39 is 0 Å². The van der Waals surface area contributed by atoms with Crippen molar-refractivity contribution in [2.75, 3.05) is 18.2 Å². The molecule has 1 aliphatic carbocycles. The quantitative estimate of drug-likeness (QED) is 0.695. The second-order valence-corrected chi connectivity index (χ2v) is 8.03. The Bertz CT molecular complexity index is 911. The molecule has 1 aromatic heterocycles. The number of nitrogens with zero attached hydrogens (tertiary/aromatic N) is 2. The predicted molar refractivity (Wildman–Crippen MR) is 112 cm³/mol. The van der Waals surface area contributed by atoms with E-state index in [4.69, 9.17) is 21.3 Å². The van der Waals surface area contributed by atoms with E-state index in [1.54, 1.807) is 18.2 Å². The minimum Gasteiger partial charge on any atom is -0.495 e. The van der Waals surface area contributed by atoms with Crippen LogP contribution in [-0.4, -0.2) is 23.8 Å². The van der Waals surface area contributed by atoms with Crippen LogP contribution in [0.25, 0.3) is 0 Å². The Hall–Kier alpha value is -2.23. The first-order valence-electron chi connectivity index (χ1n) is 9.30. The molecule has 1 heterocycles. The van der Waals surface area contributed by atoms with Crippen molar-refractivity contribution in [2.24, 2.45) is 0 Å². The highest BCUT2D eigenvalue weighted by atomic mass is 35.5. The third-order valence-corrected chi connectivity index (χ3v) is 5.95. The lowest BCUT2D eigenvalue weighted by atomic mass is 9.96. The summed E-state index contributed by atoms with van der Waals surface area (Å²) in [6.45, 7) is 0. The van der Waals surface area contributed by atoms with Gasteiger partial charge in [-0.3, -0.25) is 4.79 Å². The van der Waals surface area contributed by atoms with Crippen LogP contribution < -0.4 is 10.1 Å². The van der Waals surface area contributed by atoms with Crippen LogP contribution in [0.4, 0.5) is 5.69 Å². The summed E-state index contributed by atoms with van der Waals surface area (Å²) in [6.07, 6.45) is 6.61.